The number of ketones is 1. The number of hydrogen-bond acceptors (Lipinski definition) is 5. The highest BCUT2D eigenvalue weighted by Gasteiger charge is 2.47. The van der Waals surface area contributed by atoms with E-state index in [1.54, 1.807) is 48.5 Å². The number of amides is 1. The molecule has 0 aromatic heterocycles. The molecule has 180 valence electrons. The number of aliphatic hydroxyl groups is 1. The summed E-state index contributed by atoms with van der Waals surface area (Å²) < 4.78 is 5.72. The summed E-state index contributed by atoms with van der Waals surface area (Å²) in [5, 5.41) is 11.7. The zero-order chi connectivity index (χ0) is 25.3. The molecule has 0 aliphatic carbocycles. The van der Waals surface area contributed by atoms with Crippen molar-refractivity contribution in [1.29, 1.82) is 0 Å². The third-order valence-electron chi connectivity index (χ3n) is 5.77. The summed E-state index contributed by atoms with van der Waals surface area (Å²) in [7, 11) is 3.87. The van der Waals surface area contributed by atoms with Gasteiger partial charge in [0.25, 0.3) is 11.7 Å². The molecular weight excluding hydrogens is 464 g/mol. The lowest BCUT2D eigenvalue weighted by Gasteiger charge is -2.26. The van der Waals surface area contributed by atoms with E-state index in [1.165, 1.54) is 4.90 Å². The van der Waals surface area contributed by atoms with Crippen LogP contribution in [0, 0.1) is 0 Å². The smallest absolute Gasteiger partial charge is 0.300 e. The first-order valence-electron chi connectivity index (χ1n) is 11.3. The summed E-state index contributed by atoms with van der Waals surface area (Å²) in [6.45, 7) is 3.86. The van der Waals surface area contributed by atoms with E-state index < -0.39 is 17.7 Å². The van der Waals surface area contributed by atoms with Crippen LogP contribution in [0.15, 0.2) is 78.4 Å². The predicted octanol–water partition coefficient (Wildman–Crippen LogP) is 5.82. The topological polar surface area (TPSA) is 70.1 Å². The van der Waals surface area contributed by atoms with Crippen LogP contribution < -0.4 is 14.5 Å². The molecular formula is C28H27ClN2O4. The molecule has 1 heterocycles. The number of hydrogen-bond donors (Lipinski definition) is 1. The van der Waals surface area contributed by atoms with Crippen molar-refractivity contribution in [2.45, 2.75) is 26.0 Å². The monoisotopic (exact) mass is 490 g/mol. The number of nitrogens with zero attached hydrogens (tertiary/aromatic N) is 2. The lowest BCUT2D eigenvalue weighted by atomic mass is 9.95. The van der Waals surface area contributed by atoms with Crippen molar-refractivity contribution in [3.05, 3.63) is 94.5 Å². The Morgan fingerprint density at radius 2 is 1.54 bits per heavy atom. The molecule has 3 aromatic carbocycles. The lowest BCUT2D eigenvalue weighted by Crippen LogP contribution is -2.29. The predicted molar refractivity (Wildman–Crippen MR) is 139 cm³/mol. The Labute approximate surface area is 210 Å². The molecule has 0 spiro atoms. The summed E-state index contributed by atoms with van der Waals surface area (Å²) in [6, 6.07) is 20.3. The number of carbonyl (C=O) groups excluding carboxylic acids is 2. The number of aliphatic hydroxyl groups excluding tert-OH is 1. The summed E-state index contributed by atoms with van der Waals surface area (Å²) >= 11 is 6.00. The van der Waals surface area contributed by atoms with Crippen molar-refractivity contribution in [3.8, 4) is 5.75 Å². The van der Waals surface area contributed by atoms with Crippen LogP contribution in [0.5, 0.6) is 5.75 Å². The molecule has 0 radical (unpaired) electrons. The van der Waals surface area contributed by atoms with Crippen molar-refractivity contribution >= 4 is 40.4 Å². The summed E-state index contributed by atoms with van der Waals surface area (Å²) in [4.78, 5) is 30.0. The SMILES string of the molecule is CC(C)Oc1ccc(N2C(=O)C(=O)/C(=C(\O)c3ccc(Cl)cc3)C2c2ccc(N(C)C)cc2)cc1. The molecule has 1 N–H and O–H groups in total. The van der Waals surface area contributed by atoms with Crippen LogP contribution in [-0.2, 0) is 9.59 Å². The number of halogens is 1. The Kier molecular flexibility index (Phi) is 6.85. The molecule has 6 nitrogen and oxygen atoms in total. The van der Waals surface area contributed by atoms with Gasteiger partial charge in [0, 0.05) is 36.1 Å². The summed E-state index contributed by atoms with van der Waals surface area (Å²) in [5.41, 5.74) is 2.63. The highest BCUT2D eigenvalue weighted by atomic mass is 35.5. The highest BCUT2D eigenvalue weighted by Crippen LogP contribution is 2.42. The highest BCUT2D eigenvalue weighted by molar-refractivity contribution is 6.51. The van der Waals surface area contributed by atoms with Crippen LogP contribution in [0.2, 0.25) is 5.02 Å². The molecule has 1 amide bonds. The number of benzene rings is 3. The Bertz CT molecular complexity index is 1260. The first-order valence-corrected chi connectivity index (χ1v) is 11.7. The number of rotatable bonds is 6. The van der Waals surface area contributed by atoms with E-state index in [2.05, 4.69) is 0 Å². The van der Waals surface area contributed by atoms with Gasteiger partial charge in [-0.25, -0.2) is 0 Å². The van der Waals surface area contributed by atoms with Gasteiger partial charge in [0.2, 0.25) is 0 Å². The van der Waals surface area contributed by atoms with Crippen molar-refractivity contribution < 1.29 is 19.4 Å². The molecule has 0 saturated carbocycles. The average molecular weight is 491 g/mol. The number of anilines is 2. The van der Waals surface area contributed by atoms with Crippen molar-refractivity contribution in [2.24, 2.45) is 0 Å². The lowest BCUT2D eigenvalue weighted by molar-refractivity contribution is -0.132. The van der Waals surface area contributed by atoms with Crippen LogP contribution in [0.4, 0.5) is 11.4 Å². The Morgan fingerprint density at radius 3 is 2.09 bits per heavy atom. The van der Waals surface area contributed by atoms with E-state index in [-0.39, 0.29) is 17.4 Å². The van der Waals surface area contributed by atoms with Gasteiger partial charge in [0.1, 0.15) is 11.5 Å². The Morgan fingerprint density at radius 1 is 0.943 bits per heavy atom. The Hall–Kier alpha value is -3.77. The minimum Gasteiger partial charge on any atom is -0.507 e. The third-order valence-corrected chi connectivity index (χ3v) is 6.03. The fourth-order valence-electron chi connectivity index (χ4n) is 4.09. The molecule has 7 heteroatoms. The molecule has 3 aromatic rings. The van der Waals surface area contributed by atoms with Gasteiger partial charge in [-0.15, -0.1) is 0 Å². The zero-order valence-corrected chi connectivity index (χ0v) is 20.8. The van der Waals surface area contributed by atoms with Crippen LogP contribution in [-0.4, -0.2) is 37.0 Å². The van der Waals surface area contributed by atoms with Gasteiger partial charge >= 0.3 is 0 Å². The van der Waals surface area contributed by atoms with Crippen LogP contribution in [0.3, 0.4) is 0 Å². The van der Waals surface area contributed by atoms with E-state index >= 15 is 0 Å². The molecule has 1 unspecified atom stereocenters. The standard InChI is InChI=1S/C28H27ClN2O4/c1-17(2)35-23-15-13-22(14-16-23)31-25(18-7-11-21(12-8-18)30(3)4)24(27(33)28(31)34)26(32)19-5-9-20(29)10-6-19/h5-17,25,32H,1-4H3/b26-24-. The number of ether oxygens (including phenoxy) is 1. The van der Waals surface area contributed by atoms with Gasteiger partial charge in [0.15, 0.2) is 0 Å². The normalized spacial score (nSPS) is 17.2. The molecule has 35 heavy (non-hydrogen) atoms. The first kappa shape index (κ1) is 24.4. The van der Waals surface area contributed by atoms with Crippen LogP contribution in [0.25, 0.3) is 5.76 Å². The Balaban J connectivity index is 1.86. The molecule has 1 aliphatic rings. The molecule has 1 aliphatic heterocycles. The number of carbonyl (C=O) groups is 2. The second-order valence-electron chi connectivity index (χ2n) is 8.82. The fraction of sp³-hybridized carbons (Fsp3) is 0.214. The van der Waals surface area contributed by atoms with Gasteiger partial charge < -0.3 is 14.7 Å². The maximum absolute atomic E-state index is 13.3. The van der Waals surface area contributed by atoms with E-state index in [9.17, 15) is 14.7 Å². The first-order chi connectivity index (χ1) is 16.7. The third kappa shape index (κ3) is 4.88. The number of Topliss-reactive ketones (excluding diaryl/α,β-unsaturated/α-hetero) is 1. The van der Waals surface area contributed by atoms with Gasteiger partial charge in [-0.3, -0.25) is 14.5 Å². The van der Waals surface area contributed by atoms with Crippen molar-refractivity contribution in [3.63, 3.8) is 0 Å². The second-order valence-corrected chi connectivity index (χ2v) is 9.26. The molecule has 4 rings (SSSR count). The minimum atomic E-state index is -0.807. The maximum atomic E-state index is 13.3. The molecule has 1 fully saturated rings. The van der Waals surface area contributed by atoms with Gasteiger partial charge in [-0.1, -0.05) is 23.7 Å². The van der Waals surface area contributed by atoms with Gasteiger partial charge in [0.05, 0.1) is 17.7 Å². The molecule has 1 atom stereocenters. The van der Waals surface area contributed by atoms with Gasteiger partial charge in [-0.05, 0) is 80.1 Å². The second kappa shape index (κ2) is 9.84. The minimum absolute atomic E-state index is 0.00432. The van der Waals surface area contributed by atoms with Crippen LogP contribution >= 0.6 is 11.6 Å². The summed E-state index contributed by atoms with van der Waals surface area (Å²) in [5.74, 6) is -1.04. The van der Waals surface area contributed by atoms with E-state index in [1.807, 2.05) is 57.1 Å². The molecule has 0 bridgehead atoms. The van der Waals surface area contributed by atoms with E-state index in [0.29, 0.717) is 27.6 Å². The maximum Gasteiger partial charge on any atom is 0.300 e. The van der Waals surface area contributed by atoms with Crippen LogP contribution in [0.1, 0.15) is 31.0 Å². The van der Waals surface area contributed by atoms with E-state index in [0.717, 1.165) is 5.69 Å². The quantitative estimate of drug-likeness (QED) is 0.268. The van der Waals surface area contributed by atoms with E-state index in [4.69, 9.17) is 16.3 Å². The van der Waals surface area contributed by atoms with Gasteiger partial charge in [-0.2, -0.15) is 0 Å². The van der Waals surface area contributed by atoms with Crippen molar-refractivity contribution in [1.82, 2.24) is 0 Å². The van der Waals surface area contributed by atoms with Crippen molar-refractivity contribution in [2.75, 3.05) is 23.9 Å². The largest absolute Gasteiger partial charge is 0.507 e. The fourth-order valence-corrected chi connectivity index (χ4v) is 4.22. The average Bonchev–Trinajstić information content (AvgIpc) is 3.10. The molecule has 1 saturated heterocycles. The zero-order valence-electron chi connectivity index (χ0n) is 20.0. The summed E-state index contributed by atoms with van der Waals surface area (Å²) in [6.07, 6.45) is 0.00432.